The first-order chi connectivity index (χ1) is 21.0. The fourth-order valence-corrected chi connectivity index (χ4v) is 4.20. The number of hydrogen-bond donors (Lipinski definition) is 9. The van der Waals surface area contributed by atoms with Crippen molar-refractivity contribution in [2.75, 3.05) is 6.54 Å². The molecule has 0 saturated carbocycles. The maximum absolute atomic E-state index is 13.6. The van der Waals surface area contributed by atoms with Gasteiger partial charge < -0.3 is 47.6 Å². The van der Waals surface area contributed by atoms with Gasteiger partial charge in [-0.1, -0.05) is 46.2 Å². The van der Waals surface area contributed by atoms with Crippen molar-refractivity contribution in [3.63, 3.8) is 0 Å². The second-order valence-corrected chi connectivity index (χ2v) is 11.6. The van der Waals surface area contributed by atoms with Crippen molar-refractivity contribution in [1.29, 1.82) is 0 Å². The van der Waals surface area contributed by atoms with Crippen LogP contribution in [0.3, 0.4) is 0 Å². The first-order valence-corrected chi connectivity index (χ1v) is 14.9. The number of amides is 5. The molecule has 0 heterocycles. The number of benzene rings is 1. The number of phenols is 1. The molecule has 10 N–H and O–H groups in total. The number of rotatable bonds is 18. The van der Waals surface area contributed by atoms with Crippen LogP contribution in [-0.2, 0) is 35.2 Å². The van der Waals surface area contributed by atoms with E-state index in [1.165, 1.54) is 38.1 Å². The quantitative estimate of drug-likeness (QED) is 0.0940. The average molecular weight is 637 g/mol. The summed E-state index contributed by atoms with van der Waals surface area (Å²) < 4.78 is 0. The highest BCUT2D eigenvalue weighted by atomic mass is 16.4. The minimum atomic E-state index is -1.53. The molecule has 1 rings (SSSR count). The van der Waals surface area contributed by atoms with Crippen molar-refractivity contribution in [3.8, 4) is 5.75 Å². The number of carbonyl (C=O) groups is 6. The largest absolute Gasteiger partial charge is 0.508 e. The molecule has 45 heavy (non-hydrogen) atoms. The molecule has 15 nitrogen and oxygen atoms in total. The third-order valence-corrected chi connectivity index (χ3v) is 7.10. The van der Waals surface area contributed by atoms with E-state index in [4.69, 9.17) is 5.73 Å². The summed E-state index contributed by atoms with van der Waals surface area (Å²) in [6.07, 6.45) is -0.678. The zero-order chi connectivity index (χ0) is 34.4. The SMILES string of the molecule is CC[C@H](C)[C@H](NC(=O)[C@H](Cc1ccc(O)cc1)NC(=O)[C@@H](NC(=O)CNC(=O)[C@@H](N)CC(C)C)[C@@H](C)O)C(=O)N[C@@H](C)C(=O)O. The zero-order valence-corrected chi connectivity index (χ0v) is 26.6. The van der Waals surface area contributed by atoms with E-state index < -0.39 is 84.3 Å². The van der Waals surface area contributed by atoms with E-state index in [0.717, 1.165) is 0 Å². The molecule has 15 heteroatoms. The van der Waals surface area contributed by atoms with Gasteiger partial charge in [0.15, 0.2) is 0 Å². The molecule has 1 aromatic carbocycles. The predicted octanol–water partition coefficient (Wildman–Crippen LogP) is -1.11. The normalized spacial score (nSPS) is 15.8. The first kappa shape index (κ1) is 38.8. The lowest BCUT2D eigenvalue weighted by Gasteiger charge is -2.28. The topological polar surface area (TPSA) is 249 Å². The van der Waals surface area contributed by atoms with E-state index in [0.29, 0.717) is 18.4 Å². The van der Waals surface area contributed by atoms with Crippen molar-refractivity contribution < 1.29 is 44.1 Å². The van der Waals surface area contributed by atoms with Crippen LogP contribution in [0.5, 0.6) is 5.75 Å². The first-order valence-electron chi connectivity index (χ1n) is 14.9. The van der Waals surface area contributed by atoms with E-state index in [-0.39, 0.29) is 18.1 Å². The fourth-order valence-electron chi connectivity index (χ4n) is 4.20. The maximum Gasteiger partial charge on any atom is 0.325 e. The standard InChI is InChI=1S/C30H48N6O9/c1-7-16(4)24(28(42)33-17(5)30(44)45)36-27(41)22(13-19-8-10-20(38)11-9-19)34-29(43)25(18(6)37)35-23(39)14-32-26(40)21(31)12-15(2)3/h8-11,15-18,21-22,24-25,37-38H,7,12-14,31H2,1-6H3,(H,32,40)(H,33,42)(H,34,43)(H,35,39)(H,36,41)(H,44,45)/t16-,17-,18+,21-,22-,24-,25-/m0/s1. The van der Waals surface area contributed by atoms with Crippen LogP contribution in [0.2, 0.25) is 0 Å². The number of aromatic hydroxyl groups is 1. The Hall–Kier alpha value is -4.24. The molecule has 7 atom stereocenters. The Kier molecular flexibility index (Phi) is 16.0. The van der Waals surface area contributed by atoms with Gasteiger partial charge in [0.1, 0.15) is 29.9 Å². The number of phenolic OH excluding ortho intramolecular Hbond substituents is 1. The number of carbonyl (C=O) groups excluding carboxylic acids is 5. The molecule has 0 unspecified atom stereocenters. The monoisotopic (exact) mass is 636 g/mol. The number of nitrogens with one attached hydrogen (secondary N) is 5. The van der Waals surface area contributed by atoms with Crippen LogP contribution in [0.15, 0.2) is 24.3 Å². The molecule has 1 aromatic rings. The highest BCUT2D eigenvalue weighted by molar-refractivity contribution is 5.96. The molecule has 0 spiro atoms. The van der Waals surface area contributed by atoms with Crippen molar-refractivity contribution in [2.24, 2.45) is 17.6 Å². The van der Waals surface area contributed by atoms with Crippen molar-refractivity contribution in [2.45, 2.75) is 97.1 Å². The Morgan fingerprint density at radius 1 is 0.800 bits per heavy atom. The second kappa shape index (κ2) is 18.5. The van der Waals surface area contributed by atoms with Crippen LogP contribution < -0.4 is 32.3 Å². The summed E-state index contributed by atoms with van der Waals surface area (Å²) in [5, 5.41) is 41.3. The molecule has 0 radical (unpaired) electrons. The Labute approximate surface area is 263 Å². The number of nitrogens with two attached hydrogens (primary N) is 1. The lowest BCUT2D eigenvalue weighted by molar-refractivity contribution is -0.142. The third-order valence-electron chi connectivity index (χ3n) is 7.10. The van der Waals surface area contributed by atoms with Gasteiger partial charge in [-0.05, 0) is 49.8 Å². The minimum absolute atomic E-state index is 0.0287. The number of carboxylic acid groups (broad SMARTS) is 1. The lowest BCUT2D eigenvalue weighted by atomic mass is 9.96. The van der Waals surface area contributed by atoms with Crippen LogP contribution >= 0.6 is 0 Å². The summed E-state index contributed by atoms with van der Waals surface area (Å²) in [7, 11) is 0. The van der Waals surface area contributed by atoms with Gasteiger partial charge in [0.05, 0.1) is 18.7 Å². The van der Waals surface area contributed by atoms with Gasteiger partial charge in [-0.15, -0.1) is 0 Å². The smallest absolute Gasteiger partial charge is 0.325 e. The van der Waals surface area contributed by atoms with Crippen LogP contribution in [-0.4, -0.2) is 93.7 Å². The Morgan fingerprint density at radius 3 is 1.89 bits per heavy atom. The van der Waals surface area contributed by atoms with Gasteiger partial charge in [0.2, 0.25) is 29.5 Å². The summed E-state index contributed by atoms with van der Waals surface area (Å²) >= 11 is 0. The lowest BCUT2D eigenvalue weighted by Crippen LogP contribution is -2.61. The molecular weight excluding hydrogens is 588 g/mol. The van der Waals surface area contributed by atoms with Crippen molar-refractivity contribution >= 4 is 35.5 Å². The molecule has 0 aliphatic rings. The third kappa shape index (κ3) is 13.5. The fraction of sp³-hybridized carbons (Fsp3) is 0.600. The Morgan fingerprint density at radius 2 is 1.38 bits per heavy atom. The van der Waals surface area contributed by atoms with E-state index in [1.807, 2.05) is 13.8 Å². The number of carboxylic acids is 1. The Bertz CT molecular complexity index is 1170. The molecule has 0 aromatic heterocycles. The number of aliphatic hydroxyl groups is 1. The molecular formula is C30H48N6O9. The minimum Gasteiger partial charge on any atom is -0.508 e. The molecule has 5 amide bonds. The molecule has 0 fully saturated rings. The molecule has 0 aliphatic heterocycles. The van der Waals surface area contributed by atoms with Gasteiger partial charge in [0, 0.05) is 6.42 Å². The van der Waals surface area contributed by atoms with Crippen LogP contribution in [0, 0.1) is 11.8 Å². The van der Waals surface area contributed by atoms with Crippen LogP contribution in [0.25, 0.3) is 0 Å². The summed E-state index contributed by atoms with van der Waals surface area (Å²) in [5.41, 5.74) is 6.35. The summed E-state index contributed by atoms with van der Waals surface area (Å²) in [6.45, 7) is 9.27. The van der Waals surface area contributed by atoms with Crippen molar-refractivity contribution in [3.05, 3.63) is 29.8 Å². The molecule has 0 aliphatic carbocycles. The number of aliphatic carboxylic acids is 1. The van der Waals surface area contributed by atoms with Crippen LogP contribution in [0.1, 0.15) is 59.9 Å². The molecule has 252 valence electrons. The molecule has 0 saturated heterocycles. The highest BCUT2D eigenvalue weighted by Gasteiger charge is 2.34. The van der Waals surface area contributed by atoms with Gasteiger partial charge in [-0.2, -0.15) is 0 Å². The van der Waals surface area contributed by atoms with Crippen LogP contribution in [0.4, 0.5) is 0 Å². The second-order valence-electron chi connectivity index (χ2n) is 11.6. The van der Waals surface area contributed by atoms with Crippen molar-refractivity contribution in [1.82, 2.24) is 26.6 Å². The summed E-state index contributed by atoms with van der Waals surface area (Å²) in [6, 6.07) is -0.248. The van der Waals surface area contributed by atoms with Gasteiger partial charge in [0.25, 0.3) is 0 Å². The van der Waals surface area contributed by atoms with Gasteiger partial charge in [-0.25, -0.2) is 0 Å². The van der Waals surface area contributed by atoms with E-state index in [2.05, 4.69) is 26.6 Å². The highest BCUT2D eigenvalue weighted by Crippen LogP contribution is 2.14. The molecule has 0 bridgehead atoms. The number of hydrogen-bond acceptors (Lipinski definition) is 9. The average Bonchev–Trinajstić information content (AvgIpc) is 2.96. The summed E-state index contributed by atoms with van der Waals surface area (Å²) in [5.74, 6) is -5.36. The van der Waals surface area contributed by atoms with E-state index >= 15 is 0 Å². The van der Waals surface area contributed by atoms with Gasteiger partial charge >= 0.3 is 5.97 Å². The summed E-state index contributed by atoms with van der Waals surface area (Å²) in [4.78, 5) is 75.8. The van der Waals surface area contributed by atoms with E-state index in [1.54, 1.807) is 13.8 Å². The Balaban J connectivity index is 3.16. The maximum atomic E-state index is 13.6. The predicted molar refractivity (Wildman–Crippen MR) is 164 cm³/mol. The number of aliphatic hydroxyl groups excluding tert-OH is 1. The van der Waals surface area contributed by atoms with Gasteiger partial charge in [-0.3, -0.25) is 28.8 Å². The van der Waals surface area contributed by atoms with E-state index in [9.17, 15) is 44.1 Å². The zero-order valence-electron chi connectivity index (χ0n) is 26.6.